The molecule has 0 amide bonds. The van der Waals surface area contributed by atoms with Crippen molar-refractivity contribution in [2.45, 2.75) is 32.2 Å². The van der Waals surface area contributed by atoms with Crippen molar-refractivity contribution in [3.05, 3.63) is 29.8 Å². The summed E-state index contributed by atoms with van der Waals surface area (Å²) in [5.74, 6) is 0. The summed E-state index contributed by atoms with van der Waals surface area (Å²) >= 11 is 0. The third-order valence-corrected chi connectivity index (χ3v) is 5.43. The molecular weight excluding hydrogens is 300 g/mol. The van der Waals surface area contributed by atoms with Gasteiger partial charge in [0, 0.05) is 26.2 Å². The fourth-order valence-corrected chi connectivity index (χ4v) is 3.71. The molecule has 0 aromatic heterocycles. The van der Waals surface area contributed by atoms with Crippen molar-refractivity contribution in [2.24, 2.45) is 5.41 Å². The Morgan fingerprint density at radius 3 is 2.27 bits per heavy atom. The fourth-order valence-electron chi connectivity index (χ4n) is 2.30. The van der Waals surface area contributed by atoms with Gasteiger partial charge in [0.1, 0.15) is 0 Å². The Balaban J connectivity index is 1.99. The monoisotopic (exact) mass is 326 g/mol. The summed E-state index contributed by atoms with van der Waals surface area (Å²) < 4.78 is 31.7. The van der Waals surface area contributed by atoms with Gasteiger partial charge in [-0.2, -0.15) is 4.31 Å². The Kier molecular flexibility index (Phi) is 5.60. The highest BCUT2D eigenvalue weighted by Gasteiger charge is 2.25. The second-order valence-electron chi connectivity index (χ2n) is 6.82. The number of nitrogens with one attached hydrogen (secondary N) is 1. The van der Waals surface area contributed by atoms with Gasteiger partial charge in [-0.15, -0.1) is 0 Å². The largest absolute Gasteiger partial charge is 0.379 e. The molecule has 6 heteroatoms. The lowest BCUT2D eigenvalue weighted by atomic mass is 9.97. The smallest absolute Gasteiger partial charge is 0.243 e. The predicted molar refractivity (Wildman–Crippen MR) is 87.2 cm³/mol. The highest BCUT2D eigenvalue weighted by molar-refractivity contribution is 7.89. The van der Waals surface area contributed by atoms with Gasteiger partial charge in [-0.05, 0) is 23.1 Å². The van der Waals surface area contributed by atoms with E-state index in [2.05, 4.69) is 26.1 Å². The SMILES string of the molecule is CC(C)(C)CNCc1ccc(S(=O)(=O)N2CCOCC2)cc1. The first kappa shape index (κ1) is 17.4. The molecule has 1 aliphatic rings. The molecule has 0 bridgehead atoms. The van der Waals surface area contributed by atoms with Crippen LogP contribution in [0.3, 0.4) is 0 Å². The fraction of sp³-hybridized carbons (Fsp3) is 0.625. The normalized spacial score (nSPS) is 17.6. The summed E-state index contributed by atoms with van der Waals surface area (Å²) in [6.07, 6.45) is 0. The van der Waals surface area contributed by atoms with Gasteiger partial charge in [0.25, 0.3) is 0 Å². The van der Waals surface area contributed by atoms with Crippen LogP contribution in [0.15, 0.2) is 29.2 Å². The van der Waals surface area contributed by atoms with Crippen molar-refractivity contribution in [1.29, 1.82) is 0 Å². The van der Waals surface area contributed by atoms with Crippen molar-refractivity contribution in [2.75, 3.05) is 32.8 Å². The van der Waals surface area contributed by atoms with Crippen LogP contribution >= 0.6 is 0 Å². The number of benzene rings is 1. The zero-order valence-corrected chi connectivity index (χ0v) is 14.4. The van der Waals surface area contributed by atoms with Crippen LogP contribution in [-0.2, 0) is 21.3 Å². The average molecular weight is 326 g/mol. The van der Waals surface area contributed by atoms with Crippen LogP contribution in [-0.4, -0.2) is 45.6 Å². The Bertz CT molecular complexity index is 570. The van der Waals surface area contributed by atoms with E-state index >= 15 is 0 Å². The number of nitrogens with zero attached hydrogens (tertiary/aromatic N) is 1. The number of ether oxygens (including phenoxy) is 1. The van der Waals surface area contributed by atoms with Gasteiger partial charge in [-0.25, -0.2) is 8.42 Å². The summed E-state index contributed by atoms with van der Waals surface area (Å²) in [5.41, 5.74) is 1.32. The molecule has 22 heavy (non-hydrogen) atoms. The number of morpholine rings is 1. The standard InChI is InChI=1S/C16H26N2O3S/c1-16(2,3)13-17-12-14-4-6-15(7-5-14)22(19,20)18-8-10-21-11-9-18/h4-7,17H,8-13H2,1-3H3. The molecule has 0 saturated carbocycles. The molecule has 1 fully saturated rings. The van der Waals surface area contributed by atoms with E-state index in [-0.39, 0.29) is 5.41 Å². The van der Waals surface area contributed by atoms with E-state index in [9.17, 15) is 8.42 Å². The minimum Gasteiger partial charge on any atom is -0.379 e. The molecule has 1 aromatic rings. The van der Waals surface area contributed by atoms with Crippen LogP contribution in [0.25, 0.3) is 0 Å². The maximum absolute atomic E-state index is 12.5. The molecular formula is C16H26N2O3S. The molecule has 1 saturated heterocycles. The highest BCUT2D eigenvalue weighted by Crippen LogP contribution is 2.18. The lowest BCUT2D eigenvalue weighted by Gasteiger charge is -2.26. The quantitative estimate of drug-likeness (QED) is 0.897. The summed E-state index contributed by atoms with van der Waals surface area (Å²) in [6, 6.07) is 7.14. The van der Waals surface area contributed by atoms with E-state index in [0.717, 1.165) is 18.7 Å². The molecule has 0 spiro atoms. The number of sulfonamides is 1. The first-order valence-corrected chi connectivity index (χ1v) is 9.11. The van der Waals surface area contributed by atoms with E-state index in [1.54, 1.807) is 12.1 Å². The van der Waals surface area contributed by atoms with E-state index in [0.29, 0.717) is 31.2 Å². The minimum absolute atomic E-state index is 0.236. The summed E-state index contributed by atoms with van der Waals surface area (Å²) in [5, 5.41) is 3.39. The van der Waals surface area contributed by atoms with Gasteiger partial charge >= 0.3 is 0 Å². The van der Waals surface area contributed by atoms with E-state index in [4.69, 9.17) is 4.74 Å². The number of hydrogen-bond donors (Lipinski definition) is 1. The van der Waals surface area contributed by atoms with E-state index in [1.165, 1.54) is 4.31 Å². The zero-order valence-electron chi connectivity index (χ0n) is 13.6. The van der Waals surface area contributed by atoms with Gasteiger partial charge in [0.15, 0.2) is 0 Å². The molecule has 1 heterocycles. The van der Waals surface area contributed by atoms with Crippen molar-refractivity contribution in [1.82, 2.24) is 9.62 Å². The summed E-state index contributed by atoms with van der Waals surface area (Å²) in [4.78, 5) is 0.356. The molecule has 1 N–H and O–H groups in total. The first-order chi connectivity index (χ1) is 10.3. The maximum Gasteiger partial charge on any atom is 0.243 e. The van der Waals surface area contributed by atoms with Gasteiger partial charge in [-0.1, -0.05) is 32.9 Å². The van der Waals surface area contributed by atoms with Gasteiger partial charge in [0.05, 0.1) is 18.1 Å². The van der Waals surface area contributed by atoms with Crippen LogP contribution in [0, 0.1) is 5.41 Å². The second-order valence-corrected chi connectivity index (χ2v) is 8.76. The zero-order chi connectivity index (χ0) is 16.2. The van der Waals surface area contributed by atoms with Crippen LogP contribution in [0.5, 0.6) is 0 Å². The van der Waals surface area contributed by atoms with Gasteiger partial charge < -0.3 is 10.1 Å². The Labute approximate surface area is 133 Å². The van der Waals surface area contributed by atoms with Crippen LogP contribution in [0.1, 0.15) is 26.3 Å². The van der Waals surface area contributed by atoms with Crippen LogP contribution < -0.4 is 5.32 Å². The molecule has 0 atom stereocenters. The third-order valence-electron chi connectivity index (χ3n) is 3.52. The molecule has 1 aromatic carbocycles. The van der Waals surface area contributed by atoms with Gasteiger partial charge in [0.2, 0.25) is 10.0 Å². The molecule has 124 valence electrons. The Morgan fingerprint density at radius 2 is 1.73 bits per heavy atom. The minimum atomic E-state index is -3.39. The summed E-state index contributed by atoms with van der Waals surface area (Å²) in [6.45, 7) is 9.99. The number of hydrogen-bond acceptors (Lipinski definition) is 4. The van der Waals surface area contributed by atoms with Crippen LogP contribution in [0.4, 0.5) is 0 Å². The molecule has 2 rings (SSSR count). The molecule has 1 aliphatic heterocycles. The predicted octanol–water partition coefficient (Wildman–Crippen LogP) is 1.84. The number of rotatable bonds is 5. The van der Waals surface area contributed by atoms with E-state index < -0.39 is 10.0 Å². The Hall–Kier alpha value is -0.950. The molecule has 0 radical (unpaired) electrons. The maximum atomic E-state index is 12.5. The van der Waals surface area contributed by atoms with Gasteiger partial charge in [-0.3, -0.25) is 0 Å². The second kappa shape index (κ2) is 7.08. The topological polar surface area (TPSA) is 58.6 Å². The van der Waals surface area contributed by atoms with Crippen molar-refractivity contribution < 1.29 is 13.2 Å². The molecule has 0 aliphatic carbocycles. The average Bonchev–Trinajstić information content (AvgIpc) is 2.47. The Morgan fingerprint density at radius 1 is 1.14 bits per heavy atom. The summed E-state index contributed by atoms with van der Waals surface area (Å²) in [7, 11) is -3.39. The van der Waals surface area contributed by atoms with Crippen molar-refractivity contribution >= 4 is 10.0 Å². The lowest BCUT2D eigenvalue weighted by molar-refractivity contribution is 0.0730. The van der Waals surface area contributed by atoms with Crippen LogP contribution in [0.2, 0.25) is 0 Å². The lowest BCUT2D eigenvalue weighted by Crippen LogP contribution is -2.40. The highest BCUT2D eigenvalue weighted by atomic mass is 32.2. The molecule has 5 nitrogen and oxygen atoms in total. The van der Waals surface area contributed by atoms with Crippen molar-refractivity contribution in [3.8, 4) is 0 Å². The first-order valence-electron chi connectivity index (χ1n) is 7.67. The van der Waals surface area contributed by atoms with E-state index in [1.807, 2.05) is 12.1 Å². The van der Waals surface area contributed by atoms with Crippen molar-refractivity contribution in [3.63, 3.8) is 0 Å². The third kappa shape index (κ3) is 4.78. The molecule has 0 unspecified atom stereocenters.